The van der Waals surface area contributed by atoms with Crippen LogP contribution in [0.2, 0.25) is 0 Å². The minimum atomic E-state index is -0.377. The van der Waals surface area contributed by atoms with Gasteiger partial charge in [0.1, 0.15) is 5.70 Å². The second-order valence-corrected chi connectivity index (χ2v) is 7.21. The van der Waals surface area contributed by atoms with Crippen molar-refractivity contribution in [1.29, 1.82) is 0 Å². The standard InChI is InChI=1S/C24H28N2O6/c1-16-5-7-17(8-6-16)23(27)25-19(24(28)26-11-13-32-14-12-26)15-18-9-10-20(29-2)22(31-4)21(18)30-3/h5-10,15H,11-14H2,1-4H3,(H,25,27). The van der Waals surface area contributed by atoms with E-state index in [1.165, 1.54) is 21.3 Å². The number of hydrogen-bond acceptors (Lipinski definition) is 6. The van der Waals surface area contributed by atoms with E-state index < -0.39 is 0 Å². The maximum atomic E-state index is 13.3. The molecular formula is C24H28N2O6. The number of carbonyl (C=O) groups excluding carboxylic acids is 2. The summed E-state index contributed by atoms with van der Waals surface area (Å²) in [5.41, 5.74) is 2.18. The number of benzene rings is 2. The second-order valence-electron chi connectivity index (χ2n) is 7.21. The first-order valence-corrected chi connectivity index (χ1v) is 10.2. The summed E-state index contributed by atoms with van der Waals surface area (Å²) in [6.45, 7) is 3.73. The minimum absolute atomic E-state index is 0.128. The number of carbonyl (C=O) groups is 2. The highest BCUT2D eigenvalue weighted by atomic mass is 16.5. The average Bonchev–Trinajstić information content (AvgIpc) is 2.83. The van der Waals surface area contributed by atoms with Crippen LogP contribution in [0.3, 0.4) is 0 Å². The van der Waals surface area contributed by atoms with E-state index in [0.717, 1.165) is 5.56 Å². The largest absolute Gasteiger partial charge is 0.493 e. The normalized spacial score (nSPS) is 14.0. The lowest BCUT2D eigenvalue weighted by atomic mass is 10.1. The van der Waals surface area contributed by atoms with Crippen LogP contribution in [0.4, 0.5) is 0 Å². The first-order chi connectivity index (χ1) is 15.5. The molecule has 170 valence electrons. The Morgan fingerprint density at radius 1 is 0.938 bits per heavy atom. The van der Waals surface area contributed by atoms with Gasteiger partial charge in [-0.05, 0) is 37.3 Å². The van der Waals surface area contributed by atoms with Gasteiger partial charge in [-0.3, -0.25) is 9.59 Å². The fraction of sp³-hybridized carbons (Fsp3) is 0.333. The molecule has 0 unspecified atom stereocenters. The number of ether oxygens (including phenoxy) is 4. The highest BCUT2D eigenvalue weighted by molar-refractivity contribution is 6.05. The number of nitrogens with one attached hydrogen (secondary N) is 1. The van der Waals surface area contributed by atoms with Gasteiger partial charge in [-0.1, -0.05) is 17.7 Å². The molecule has 1 N–H and O–H groups in total. The maximum Gasteiger partial charge on any atom is 0.270 e. The molecule has 0 bridgehead atoms. The Kier molecular flexibility index (Phi) is 7.72. The average molecular weight is 440 g/mol. The van der Waals surface area contributed by atoms with Crippen molar-refractivity contribution in [3.63, 3.8) is 0 Å². The first kappa shape index (κ1) is 23.1. The van der Waals surface area contributed by atoms with Crippen molar-refractivity contribution in [2.24, 2.45) is 0 Å². The molecule has 1 aliphatic heterocycles. The predicted molar refractivity (Wildman–Crippen MR) is 120 cm³/mol. The van der Waals surface area contributed by atoms with E-state index in [1.807, 2.05) is 19.1 Å². The third-order valence-corrected chi connectivity index (χ3v) is 5.13. The Balaban J connectivity index is 2.01. The van der Waals surface area contributed by atoms with Crippen molar-refractivity contribution in [1.82, 2.24) is 10.2 Å². The molecule has 0 aliphatic carbocycles. The van der Waals surface area contributed by atoms with Crippen LogP contribution in [0.1, 0.15) is 21.5 Å². The lowest BCUT2D eigenvalue weighted by Crippen LogP contribution is -2.44. The third kappa shape index (κ3) is 5.20. The van der Waals surface area contributed by atoms with Crippen LogP contribution >= 0.6 is 0 Å². The lowest BCUT2D eigenvalue weighted by Gasteiger charge is -2.28. The zero-order valence-electron chi connectivity index (χ0n) is 18.8. The molecule has 0 aromatic heterocycles. The van der Waals surface area contributed by atoms with Gasteiger partial charge in [0.25, 0.3) is 11.8 Å². The topological polar surface area (TPSA) is 86.3 Å². The van der Waals surface area contributed by atoms with Gasteiger partial charge in [-0.2, -0.15) is 0 Å². The van der Waals surface area contributed by atoms with Crippen molar-refractivity contribution in [2.45, 2.75) is 6.92 Å². The Bertz CT molecular complexity index is 994. The zero-order valence-corrected chi connectivity index (χ0v) is 18.8. The predicted octanol–water partition coefficient (Wildman–Crippen LogP) is 2.65. The van der Waals surface area contributed by atoms with Crippen molar-refractivity contribution < 1.29 is 28.5 Å². The molecule has 0 radical (unpaired) electrons. The highest BCUT2D eigenvalue weighted by Gasteiger charge is 2.24. The molecule has 1 fully saturated rings. The molecule has 8 nitrogen and oxygen atoms in total. The van der Waals surface area contributed by atoms with E-state index in [9.17, 15) is 9.59 Å². The summed E-state index contributed by atoms with van der Waals surface area (Å²) in [5.74, 6) is 0.602. The van der Waals surface area contributed by atoms with Crippen LogP contribution in [0.5, 0.6) is 17.2 Å². The molecule has 0 saturated carbocycles. The summed E-state index contributed by atoms with van der Waals surface area (Å²) in [4.78, 5) is 27.8. The molecule has 1 aliphatic rings. The molecule has 0 spiro atoms. The van der Waals surface area contributed by atoms with Crippen LogP contribution in [-0.4, -0.2) is 64.3 Å². The van der Waals surface area contributed by atoms with E-state index in [2.05, 4.69) is 5.32 Å². The zero-order chi connectivity index (χ0) is 23.1. The SMILES string of the molecule is COc1ccc(C=C(NC(=O)c2ccc(C)cc2)C(=O)N2CCOCC2)c(OC)c1OC. The minimum Gasteiger partial charge on any atom is -0.493 e. The summed E-state index contributed by atoms with van der Waals surface area (Å²) in [7, 11) is 4.54. The van der Waals surface area contributed by atoms with Crippen LogP contribution in [-0.2, 0) is 9.53 Å². The number of hydrogen-bond donors (Lipinski definition) is 1. The number of methoxy groups -OCH3 is 3. The van der Waals surface area contributed by atoms with Gasteiger partial charge in [0.2, 0.25) is 5.75 Å². The van der Waals surface area contributed by atoms with E-state index in [-0.39, 0.29) is 17.5 Å². The first-order valence-electron chi connectivity index (χ1n) is 10.2. The van der Waals surface area contributed by atoms with E-state index in [4.69, 9.17) is 18.9 Å². The molecule has 2 aromatic carbocycles. The summed E-state index contributed by atoms with van der Waals surface area (Å²) >= 11 is 0. The lowest BCUT2D eigenvalue weighted by molar-refractivity contribution is -0.131. The van der Waals surface area contributed by atoms with Crippen LogP contribution < -0.4 is 19.5 Å². The fourth-order valence-electron chi connectivity index (χ4n) is 3.38. The van der Waals surface area contributed by atoms with Crippen molar-refractivity contribution >= 4 is 17.9 Å². The summed E-state index contributed by atoms with van der Waals surface area (Å²) in [6, 6.07) is 10.6. The van der Waals surface area contributed by atoms with E-state index in [0.29, 0.717) is 54.7 Å². The maximum absolute atomic E-state index is 13.3. The molecular weight excluding hydrogens is 412 g/mol. The van der Waals surface area contributed by atoms with Crippen LogP contribution in [0, 0.1) is 6.92 Å². The molecule has 0 atom stereocenters. The number of nitrogens with zero attached hydrogens (tertiary/aromatic N) is 1. The molecule has 1 heterocycles. The Morgan fingerprint density at radius 3 is 2.19 bits per heavy atom. The van der Waals surface area contributed by atoms with Crippen molar-refractivity contribution in [3.8, 4) is 17.2 Å². The summed E-state index contributed by atoms with van der Waals surface area (Å²) < 4.78 is 21.7. The van der Waals surface area contributed by atoms with Crippen molar-refractivity contribution in [2.75, 3.05) is 47.6 Å². The third-order valence-electron chi connectivity index (χ3n) is 5.13. The van der Waals surface area contributed by atoms with Gasteiger partial charge in [-0.15, -0.1) is 0 Å². The number of morpholine rings is 1. The summed E-state index contributed by atoms with van der Waals surface area (Å²) in [5, 5.41) is 2.78. The Hall–Kier alpha value is -3.52. The number of aryl methyl sites for hydroxylation is 1. The van der Waals surface area contributed by atoms with E-state index >= 15 is 0 Å². The monoisotopic (exact) mass is 440 g/mol. The Labute approximate surface area is 187 Å². The van der Waals surface area contributed by atoms with Gasteiger partial charge < -0.3 is 29.2 Å². The molecule has 32 heavy (non-hydrogen) atoms. The smallest absolute Gasteiger partial charge is 0.270 e. The second kappa shape index (κ2) is 10.7. The van der Waals surface area contributed by atoms with Gasteiger partial charge in [-0.25, -0.2) is 0 Å². The molecule has 2 aromatic rings. The highest BCUT2D eigenvalue weighted by Crippen LogP contribution is 2.40. The van der Waals surface area contributed by atoms with Gasteiger partial charge >= 0.3 is 0 Å². The number of rotatable bonds is 7. The Morgan fingerprint density at radius 2 is 1.59 bits per heavy atom. The van der Waals surface area contributed by atoms with Crippen molar-refractivity contribution in [3.05, 3.63) is 58.8 Å². The molecule has 1 saturated heterocycles. The van der Waals surface area contributed by atoms with Crippen LogP contribution in [0.15, 0.2) is 42.1 Å². The molecule has 3 rings (SSSR count). The van der Waals surface area contributed by atoms with Crippen LogP contribution in [0.25, 0.3) is 6.08 Å². The van der Waals surface area contributed by atoms with E-state index in [1.54, 1.807) is 35.2 Å². The quantitative estimate of drug-likeness (QED) is 0.667. The molecule has 2 amide bonds. The van der Waals surface area contributed by atoms with Gasteiger partial charge in [0.05, 0.1) is 34.5 Å². The molecule has 8 heteroatoms. The fourth-order valence-corrected chi connectivity index (χ4v) is 3.38. The number of amides is 2. The summed E-state index contributed by atoms with van der Waals surface area (Å²) in [6.07, 6.45) is 1.59. The van der Waals surface area contributed by atoms with Gasteiger partial charge in [0, 0.05) is 24.2 Å². The van der Waals surface area contributed by atoms with Gasteiger partial charge in [0.15, 0.2) is 11.5 Å².